The zero-order valence-corrected chi connectivity index (χ0v) is 8.90. The predicted octanol–water partition coefficient (Wildman–Crippen LogP) is 0.230. The fraction of sp³-hybridized carbons (Fsp3) is 0.0909. The highest BCUT2D eigenvalue weighted by atomic mass is 16.3. The Morgan fingerprint density at radius 3 is 2.76 bits per heavy atom. The number of benzene rings is 1. The first kappa shape index (κ1) is 11.0. The minimum absolute atomic E-state index is 0.117. The molecule has 0 atom stereocenters. The average Bonchev–Trinajstić information content (AvgIpc) is 2.68. The number of primary amides is 1. The first-order valence-electron chi connectivity index (χ1n) is 4.92. The van der Waals surface area contributed by atoms with Gasteiger partial charge in [-0.05, 0) is 24.3 Å². The summed E-state index contributed by atoms with van der Waals surface area (Å²) in [5, 5.41) is 3.07. The molecule has 2 aromatic rings. The zero-order valence-electron chi connectivity index (χ0n) is 8.90. The van der Waals surface area contributed by atoms with Crippen LogP contribution in [0.3, 0.4) is 0 Å². The monoisotopic (exact) mass is 233 g/mol. The highest BCUT2D eigenvalue weighted by Crippen LogP contribution is 2.21. The minimum atomic E-state index is -0.612. The third-order valence-electron chi connectivity index (χ3n) is 2.19. The van der Waals surface area contributed by atoms with Crippen LogP contribution in [0.1, 0.15) is 10.6 Å². The molecule has 0 saturated carbocycles. The van der Waals surface area contributed by atoms with E-state index >= 15 is 0 Å². The molecule has 0 unspecified atom stereocenters. The Hall–Kier alpha value is -2.50. The molecular formula is C11H11N3O3. The number of hydrogen-bond acceptors (Lipinski definition) is 4. The standard InChI is InChI=1S/C11H11N3O3/c12-7-1-2-8-6(3-7)4-9(17-8)11(16)14-5-10(13)15/h1-4H,5,12H2,(H2,13,15)(H,14,16). The lowest BCUT2D eigenvalue weighted by molar-refractivity contribution is -0.117. The molecule has 0 aliphatic rings. The van der Waals surface area contributed by atoms with E-state index in [1.165, 1.54) is 0 Å². The second kappa shape index (κ2) is 4.17. The van der Waals surface area contributed by atoms with E-state index in [2.05, 4.69) is 5.32 Å². The van der Waals surface area contributed by atoms with Gasteiger partial charge in [0.1, 0.15) is 5.58 Å². The van der Waals surface area contributed by atoms with Gasteiger partial charge >= 0.3 is 0 Å². The third kappa shape index (κ3) is 2.36. The van der Waals surface area contributed by atoms with Crippen molar-refractivity contribution in [3.63, 3.8) is 0 Å². The van der Waals surface area contributed by atoms with Gasteiger partial charge in [-0.15, -0.1) is 0 Å². The van der Waals surface area contributed by atoms with E-state index in [4.69, 9.17) is 15.9 Å². The van der Waals surface area contributed by atoms with Crippen LogP contribution in [0.4, 0.5) is 5.69 Å². The minimum Gasteiger partial charge on any atom is -0.451 e. The lowest BCUT2D eigenvalue weighted by atomic mass is 10.2. The number of nitrogen functional groups attached to an aromatic ring is 1. The Morgan fingerprint density at radius 2 is 2.06 bits per heavy atom. The predicted molar refractivity (Wildman–Crippen MR) is 62.2 cm³/mol. The van der Waals surface area contributed by atoms with Gasteiger partial charge in [-0.25, -0.2) is 0 Å². The molecular weight excluding hydrogens is 222 g/mol. The maximum atomic E-state index is 11.6. The molecule has 1 heterocycles. The van der Waals surface area contributed by atoms with E-state index in [1.54, 1.807) is 24.3 Å². The summed E-state index contributed by atoms with van der Waals surface area (Å²) in [6, 6.07) is 6.61. The van der Waals surface area contributed by atoms with Crippen LogP contribution in [0.25, 0.3) is 11.0 Å². The van der Waals surface area contributed by atoms with Gasteiger partial charge in [-0.2, -0.15) is 0 Å². The summed E-state index contributed by atoms with van der Waals surface area (Å²) in [5.41, 5.74) is 11.7. The number of furan rings is 1. The number of fused-ring (bicyclic) bond motifs is 1. The number of hydrogen-bond donors (Lipinski definition) is 3. The van der Waals surface area contributed by atoms with Crippen molar-refractivity contribution in [3.8, 4) is 0 Å². The van der Waals surface area contributed by atoms with Crippen molar-refractivity contribution in [1.82, 2.24) is 5.32 Å². The summed E-state index contributed by atoms with van der Waals surface area (Å²) in [6.07, 6.45) is 0. The SMILES string of the molecule is NC(=O)CNC(=O)c1cc2cc(N)ccc2o1. The largest absolute Gasteiger partial charge is 0.451 e. The molecule has 0 saturated heterocycles. The van der Waals surface area contributed by atoms with Crippen LogP contribution in [0.2, 0.25) is 0 Å². The van der Waals surface area contributed by atoms with Crippen LogP contribution in [0, 0.1) is 0 Å². The van der Waals surface area contributed by atoms with Gasteiger partial charge in [0.15, 0.2) is 5.76 Å². The molecule has 0 aliphatic heterocycles. The molecule has 17 heavy (non-hydrogen) atoms. The van der Waals surface area contributed by atoms with Crippen molar-refractivity contribution in [1.29, 1.82) is 0 Å². The summed E-state index contributed by atoms with van der Waals surface area (Å²) in [6.45, 7) is -0.224. The second-order valence-electron chi connectivity index (χ2n) is 3.56. The number of nitrogens with two attached hydrogens (primary N) is 2. The number of carbonyl (C=O) groups excluding carboxylic acids is 2. The number of carbonyl (C=O) groups is 2. The molecule has 0 radical (unpaired) electrons. The first-order valence-corrected chi connectivity index (χ1v) is 4.92. The molecule has 1 aromatic heterocycles. The van der Waals surface area contributed by atoms with E-state index < -0.39 is 11.8 Å². The van der Waals surface area contributed by atoms with Crippen molar-refractivity contribution >= 4 is 28.5 Å². The Morgan fingerprint density at radius 1 is 1.29 bits per heavy atom. The van der Waals surface area contributed by atoms with Gasteiger partial charge in [0.2, 0.25) is 5.91 Å². The van der Waals surface area contributed by atoms with Gasteiger partial charge < -0.3 is 21.2 Å². The van der Waals surface area contributed by atoms with Gasteiger partial charge in [-0.1, -0.05) is 0 Å². The number of amides is 2. The van der Waals surface area contributed by atoms with E-state index in [0.29, 0.717) is 11.3 Å². The topological polar surface area (TPSA) is 111 Å². The molecule has 5 N–H and O–H groups in total. The smallest absolute Gasteiger partial charge is 0.287 e. The van der Waals surface area contributed by atoms with Gasteiger partial charge in [0.25, 0.3) is 5.91 Å². The lowest BCUT2D eigenvalue weighted by Gasteiger charge is -1.97. The van der Waals surface area contributed by atoms with Gasteiger partial charge in [0, 0.05) is 11.1 Å². The Bertz CT molecular complexity index is 589. The van der Waals surface area contributed by atoms with Crippen LogP contribution in [0.15, 0.2) is 28.7 Å². The third-order valence-corrected chi connectivity index (χ3v) is 2.19. The number of anilines is 1. The fourth-order valence-corrected chi connectivity index (χ4v) is 1.43. The molecule has 0 fully saturated rings. The maximum Gasteiger partial charge on any atom is 0.287 e. The maximum absolute atomic E-state index is 11.6. The molecule has 2 amide bonds. The number of rotatable bonds is 3. The van der Waals surface area contributed by atoms with Crippen molar-refractivity contribution in [2.45, 2.75) is 0 Å². The fourth-order valence-electron chi connectivity index (χ4n) is 1.43. The molecule has 2 rings (SSSR count). The van der Waals surface area contributed by atoms with Crippen molar-refractivity contribution in [2.24, 2.45) is 5.73 Å². The van der Waals surface area contributed by atoms with Crippen molar-refractivity contribution in [2.75, 3.05) is 12.3 Å². The summed E-state index contributed by atoms with van der Waals surface area (Å²) in [7, 11) is 0. The molecule has 0 bridgehead atoms. The van der Waals surface area contributed by atoms with Crippen molar-refractivity contribution in [3.05, 3.63) is 30.0 Å². The molecule has 6 heteroatoms. The van der Waals surface area contributed by atoms with Crippen LogP contribution in [0.5, 0.6) is 0 Å². The Balaban J connectivity index is 2.24. The normalized spacial score (nSPS) is 10.4. The van der Waals surface area contributed by atoms with E-state index in [-0.39, 0.29) is 12.3 Å². The molecule has 0 spiro atoms. The Labute approximate surface area is 96.6 Å². The summed E-state index contributed by atoms with van der Waals surface area (Å²) in [5.74, 6) is -0.982. The highest BCUT2D eigenvalue weighted by Gasteiger charge is 2.12. The van der Waals surface area contributed by atoms with Gasteiger partial charge in [-0.3, -0.25) is 9.59 Å². The van der Waals surface area contributed by atoms with E-state index in [0.717, 1.165) is 5.39 Å². The quantitative estimate of drug-likeness (QED) is 0.659. The summed E-state index contributed by atoms with van der Waals surface area (Å²) in [4.78, 5) is 22.1. The molecule has 6 nitrogen and oxygen atoms in total. The van der Waals surface area contributed by atoms with E-state index in [1.807, 2.05) is 0 Å². The van der Waals surface area contributed by atoms with Gasteiger partial charge in [0.05, 0.1) is 6.54 Å². The molecule has 88 valence electrons. The zero-order chi connectivity index (χ0) is 12.4. The highest BCUT2D eigenvalue weighted by molar-refractivity contribution is 5.98. The van der Waals surface area contributed by atoms with Crippen LogP contribution in [-0.2, 0) is 4.79 Å². The summed E-state index contributed by atoms with van der Waals surface area (Å²) < 4.78 is 5.30. The second-order valence-corrected chi connectivity index (χ2v) is 3.56. The first-order chi connectivity index (χ1) is 8.06. The van der Waals surface area contributed by atoms with Crippen LogP contribution >= 0.6 is 0 Å². The lowest BCUT2D eigenvalue weighted by Crippen LogP contribution is -2.33. The van der Waals surface area contributed by atoms with E-state index in [9.17, 15) is 9.59 Å². The van der Waals surface area contributed by atoms with Crippen LogP contribution in [-0.4, -0.2) is 18.4 Å². The number of nitrogens with one attached hydrogen (secondary N) is 1. The summed E-state index contributed by atoms with van der Waals surface area (Å²) >= 11 is 0. The average molecular weight is 233 g/mol. The molecule has 1 aromatic carbocycles. The van der Waals surface area contributed by atoms with Crippen molar-refractivity contribution < 1.29 is 14.0 Å². The molecule has 0 aliphatic carbocycles. The van der Waals surface area contributed by atoms with Crippen LogP contribution < -0.4 is 16.8 Å². The Kier molecular flexibility index (Phi) is 2.70.